The van der Waals surface area contributed by atoms with Crippen LogP contribution in [-0.4, -0.2) is 32.3 Å². The molecule has 0 atom stereocenters. The maximum absolute atomic E-state index is 5.55. The van der Waals surface area contributed by atoms with Crippen molar-refractivity contribution in [1.82, 2.24) is 25.2 Å². The Labute approximate surface area is 144 Å². The quantitative estimate of drug-likeness (QED) is 0.574. The molecule has 0 bridgehead atoms. The summed E-state index contributed by atoms with van der Waals surface area (Å²) in [5, 5.41) is 12.6. The van der Waals surface area contributed by atoms with Gasteiger partial charge in [-0.15, -0.1) is 15.0 Å². The Bertz CT molecular complexity index is 983. The molecule has 4 aromatic rings. The van der Waals surface area contributed by atoms with E-state index in [4.69, 9.17) is 4.74 Å². The van der Waals surface area contributed by atoms with Gasteiger partial charge < -0.3 is 4.74 Å². The van der Waals surface area contributed by atoms with Crippen molar-refractivity contribution in [3.63, 3.8) is 0 Å². The van der Waals surface area contributed by atoms with E-state index in [1.165, 1.54) is 4.80 Å². The topological polar surface area (TPSA) is 65.7 Å². The third-order valence-electron chi connectivity index (χ3n) is 3.81. The Morgan fingerprint density at radius 1 is 0.920 bits per heavy atom. The van der Waals surface area contributed by atoms with Crippen molar-refractivity contribution < 1.29 is 4.74 Å². The summed E-state index contributed by atoms with van der Waals surface area (Å²) in [4.78, 5) is 5.71. The molecule has 0 aliphatic carbocycles. The van der Waals surface area contributed by atoms with Crippen molar-refractivity contribution in [1.29, 1.82) is 0 Å². The van der Waals surface area contributed by atoms with E-state index in [1.54, 1.807) is 13.3 Å². The van der Waals surface area contributed by atoms with Gasteiger partial charge in [-0.25, -0.2) is 0 Å². The van der Waals surface area contributed by atoms with E-state index in [0.717, 1.165) is 22.6 Å². The van der Waals surface area contributed by atoms with E-state index in [9.17, 15) is 0 Å². The lowest BCUT2D eigenvalue weighted by Gasteiger charge is -2.10. The van der Waals surface area contributed by atoms with E-state index in [-0.39, 0.29) is 0 Å². The fourth-order valence-electron chi connectivity index (χ4n) is 2.58. The number of ether oxygens (including phenoxy) is 1. The lowest BCUT2D eigenvalue weighted by molar-refractivity contribution is 0.416. The van der Waals surface area contributed by atoms with Gasteiger partial charge in [-0.1, -0.05) is 36.4 Å². The molecule has 0 N–H and O–H groups in total. The predicted molar refractivity (Wildman–Crippen MR) is 94.4 cm³/mol. The smallest absolute Gasteiger partial charge is 0.223 e. The van der Waals surface area contributed by atoms with E-state index in [1.807, 2.05) is 66.7 Å². The second kappa shape index (κ2) is 6.52. The Morgan fingerprint density at radius 2 is 1.76 bits per heavy atom. The molecule has 0 saturated carbocycles. The number of methoxy groups -OCH3 is 1. The highest BCUT2D eigenvalue weighted by atomic mass is 16.5. The average molecular weight is 329 g/mol. The number of benzene rings is 2. The number of hydrogen-bond acceptors (Lipinski definition) is 5. The van der Waals surface area contributed by atoms with Gasteiger partial charge in [0.25, 0.3) is 0 Å². The zero-order valence-electron chi connectivity index (χ0n) is 13.6. The van der Waals surface area contributed by atoms with Gasteiger partial charge in [0.1, 0.15) is 11.4 Å². The van der Waals surface area contributed by atoms with Crippen LogP contribution in [0.3, 0.4) is 0 Å². The number of rotatable bonds is 4. The second-order valence-corrected chi connectivity index (χ2v) is 5.37. The molecule has 122 valence electrons. The molecule has 0 aliphatic heterocycles. The lowest BCUT2D eigenvalue weighted by Crippen LogP contribution is -2.00. The summed E-state index contributed by atoms with van der Waals surface area (Å²) in [6, 6.07) is 21.5. The minimum Gasteiger partial charge on any atom is -0.496 e. The molecule has 0 radical (unpaired) electrons. The summed E-state index contributed by atoms with van der Waals surface area (Å²) >= 11 is 0. The van der Waals surface area contributed by atoms with Crippen LogP contribution < -0.4 is 4.74 Å². The molecule has 0 saturated heterocycles. The molecule has 6 heteroatoms. The number of nitrogens with zero attached hydrogens (tertiary/aromatic N) is 5. The molecule has 25 heavy (non-hydrogen) atoms. The summed E-state index contributed by atoms with van der Waals surface area (Å²) in [6.07, 6.45) is 1.70. The second-order valence-electron chi connectivity index (χ2n) is 5.37. The first-order chi connectivity index (χ1) is 12.3. The molecule has 6 nitrogen and oxygen atoms in total. The fourth-order valence-corrected chi connectivity index (χ4v) is 2.58. The van der Waals surface area contributed by atoms with Crippen molar-refractivity contribution >= 4 is 0 Å². The average Bonchev–Trinajstić information content (AvgIpc) is 3.19. The van der Waals surface area contributed by atoms with E-state index >= 15 is 0 Å². The number of pyridine rings is 1. The molecular formula is C19H15N5O. The van der Waals surface area contributed by atoms with Crippen LogP contribution >= 0.6 is 0 Å². The van der Waals surface area contributed by atoms with E-state index < -0.39 is 0 Å². The largest absolute Gasteiger partial charge is 0.496 e. The van der Waals surface area contributed by atoms with Crippen LogP contribution in [0.15, 0.2) is 72.9 Å². The van der Waals surface area contributed by atoms with Crippen LogP contribution in [-0.2, 0) is 0 Å². The summed E-state index contributed by atoms with van der Waals surface area (Å²) in [5.74, 6) is 1.23. The molecule has 0 spiro atoms. The monoisotopic (exact) mass is 329 g/mol. The molecule has 2 aromatic carbocycles. The van der Waals surface area contributed by atoms with Gasteiger partial charge in [0.2, 0.25) is 5.82 Å². The summed E-state index contributed by atoms with van der Waals surface area (Å²) in [6.45, 7) is 0. The minimum atomic E-state index is 0.478. The third kappa shape index (κ3) is 2.97. The zero-order chi connectivity index (χ0) is 17.1. The Hall–Kier alpha value is -3.54. The molecule has 0 amide bonds. The van der Waals surface area contributed by atoms with Gasteiger partial charge in [0.15, 0.2) is 0 Å². The lowest BCUT2D eigenvalue weighted by atomic mass is 10.0. The van der Waals surface area contributed by atoms with Gasteiger partial charge in [0.05, 0.1) is 12.8 Å². The van der Waals surface area contributed by atoms with E-state index in [0.29, 0.717) is 11.5 Å². The summed E-state index contributed by atoms with van der Waals surface area (Å²) in [5.41, 5.74) is 3.55. The summed E-state index contributed by atoms with van der Waals surface area (Å²) < 4.78 is 5.55. The molecular weight excluding hydrogens is 314 g/mol. The SMILES string of the molecule is COc1cc(-n2nnc(-c3ccccn3)n2)ccc1-c1ccccc1. The van der Waals surface area contributed by atoms with Crippen LogP contribution in [0.25, 0.3) is 28.3 Å². The van der Waals surface area contributed by atoms with Gasteiger partial charge in [-0.05, 0) is 35.0 Å². The first-order valence-corrected chi connectivity index (χ1v) is 7.80. The molecule has 2 heterocycles. The molecule has 2 aromatic heterocycles. The van der Waals surface area contributed by atoms with Crippen molar-refractivity contribution in [3.8, 4) is 34.1 Å². The maximum Gasteiger partial charge on any atom is 0.223 e. The third-order valence-corrected chi connectivity index (χ3v) is 3.81. The van der Waals surface area contributed by atoms with Crippen LogP contribution in [0.4, 0.5) is 0 Å². The van der Waals surface area contributed by atoms with Crippen molar-refractivity contribution in [2.45, 2.75) is 0 Å². The molecule has 0 aliphatic rings. The minimum absolute atomic E-state index is 0.478. The van der Waals surface area contributed by atoms with Gasteiger partial charge in [-0.2, -0.15) is 0 Å². The molecule has 0 fully saturated rings. The Kier molecular flexibility index (Phi) is 3.92. The van der Waals surface area contributed by atoms with E-state index in [2.05, 4.69) is 20.4 Å². The molecule has 0 unspecified atom stereocenters. The normalized spacial score (nSPS) is 10.6. The highest BCUT2D eigenvalue weighted by Crippen LogP contribution is 2.31. The van der Waals surface area contributed by atoms with Crippen LogP contribution in [0.5, 0.6) is 5.75 Å². The van der Waals surface area contributed by atoms with Crippen molar-refractivity contribution in [2.75, 3.05) is 7.11 Å². The van der Waals surface area contributed by atoms with Crippen molar-refractivity contribution in [3.05, 3.63) is 72.9 Å². The number of tetrazole rings is 1. The highest BCUT2D eigenvalue weighted by molar-refractivity contribution is 5.72. The Balaban J connectivity index is 1.71. The van der Waals surface area contributed by atoms with Crippen LogP contribution in [0.1, 0.15) is 0 Å². The van der Waals surface area contributed by atoms with Crippen molar-refractivity contribution in [2.24, 2.45) is 0 Å². The zero-order valence-corrected chi connectivity index (χ0v) is 13.6. The van der Waals surface area contributed by atoms with Crippen LogP contribution in [0, 0.1) is 0 Å². The standard InChI is InChI=1S/C19H15N5O/c1-25-18-13-15(10-11-16(18)14-7-3-2-4-8-14)24-22-19(21-23-24)17-9-5-6-12-20-17/h2-13H,1H3. The predicted octanol–water partition coefficient (Wildman–Crippen LogP) is 3.40. The highest BCUT2D eigenvalue weighted by Gasteiger charge is 2.11. The van der Waals surface area contributed by atoms with Gasteiger partial charge >= 0.3 is 0 Å². The summed E-state index contributed by atoms with van der Waals surface area (Å²) in [7, 11) is 1.65. The fraction of sp³-hybridized carbons (Fsp3) is 0.0526. The van der Waals surface area contributed by atoms with Gasteiger partial charge in [0, 0.05) is 17.8 Å². The maximum atomic E-state index is 5.55. The first kappa shape index (κ1) is 15.0. The Morgan fingerprint density at radius 3 is 2.52 bits per heavy atom. The molecule has 4 rings (SSSR count). The first-order valence-electron chi connectivity index (χ1n) is 7.80. The van der Waals surface area contributed by atoms with Crippen LogP contribution in [0.2, 0.25) is 0 Å². The number of hydrogen-bond donors (Lipinski definition) is 0. The number of aromatic nitrogens is 5. The van der Waals surface area contributed by atoms with Gasteiger partial charge in [-0.3, -0.25) is 4.98 Å².